The van der Waals surface area contributed by atoms with Crippen molar-refractivity contribution in [1.82, 2.24) is 14.8 Å². The van der Waals surface area contributed by atoms with Crippen molar-refractivity contribution in [3.8, 4) is 11.5 Å². The first-order valence-electron chi connectivity index (χ1n) is 9.77. The number of piperidine rings is 1. The van der Waals surface area contributed by atoms with Gasteiger partial charge in [-0.25, -0.2) is 4.98 Å². The van der Waals surface area contributed by atoms with Gasteiger partial charge < -0.3 is 23.7 Å². The zero-order valence-corrected chi connectivity index (χ0v) is 16.7. The summed E-state index contributed by atoms with van der Waals surface area (Å²) in [4.78, 5) is 33.3. The number of rotatable bonds is 5. The molecule has 0 radical (unpaired) electrons. The standard InChI is InChI=1S/C21H25N3O5/c1-23-10-3-8-21(20(23)26)9-11-24(14-21)19(25)17-12-29-18(22-17)13-28-16-6-4-15(27-2)5-7-16/h4-7,12H,3,8-11,13-14H2,1-2H3/t21-/m1/s1. The number of hydrogen-bond acceptors (Lipinski definition) is 6. The van der Waals surface area contributed by atoms with E-state index in [0.29, 0.717) is 31.2 Å². The summed E-state index contributed by atoms with van der Waals surface area (Å²) in [6, 6.07) is 7.17. The third kappa shape index (κ3) is 3.79. The fraction of sp³-hybridized carbons (Fsp3) is 0.476. The molecule has 3 heterocycles. The van der Waals surface area contributed by atoms with Gasteiger partial charge in [-0.15, -0.1) is 0 Å². The molecular formula is C21H25N3O5. The number of oxazole rings is 1. The van der Waals surface area contributed by atoms with E-state index in [2.05, 4.69) is 4.98 Å². The highest BCUT2D eigenvalue weighted by Gasteiger charge is 2.48. The molecular weight excluding hydrogens is 374 g/mol. The predicted octanol–water partition coefficient (Wildman–Crippen LogP) is 2.35. The van der Waals surface area contributed by atoms with E-state index in [1.54, 1.807) is 41.2 Å². The molecule has 8 heteroatoms. The second kappa shape index (κ2) is 7.77. The first-order valence-corrected chi connectivity index (χ1v) is 9.77. The summed E-state index contributed by atoms with van der Waals surface area (Å²) in [5.41, 5.74) is -0.195. The zero-order chi connectivity index (χ0) is 20.4. The molecule has 1 aromatic carbocycles. The van der Waals surface area contributed by atoms with Crippen LogP contribution in [0.3, 0.4) is 0 Å². The molecule has 0 saturated carbocycles. The normalized spacial score (nSPS) is 21.7. The van der Waals surface area contributed by atoms with E-state index in [9.17, 15) is 9.59 Å². The van der Waals surface area contributed by atoms with Crippen LogP contribution in [0.2, 0.25) is 0 Å². The zero-order valence-electron chi connectivity index (χ0n) is 16.7. The van der Waals surface area contributed by atoms with Crippen molar-refractivity contribution >= 4 is 11.8 Å². The van der Waals surface area contributed by atoms with Crippen LogP contribution in [0, 0.1) is 5.41 Å². The fourth-order valence-electron chi connectivity index (χ4n) is 4.15. The highest BCUT2D eigenvalue weighted by atomic mass is 16.5. The van der Waals surface area contributed by atoms with Crippen molar-refractivity contribution in [2.45, 2.75) is 25.9 Å². The molecule has 154 valence electrons. The number of carbonyl (C=O) groups is 2. The van der Waals surface area contributed by atoms with Crippen LogP contribution in [0.25, 0.3) is 0 Å². The first kappa shape index (κ1) is 19.3. The highest BCUT2D eigenvalue weighted by molar-refractivity contribution is 5.93. The van der Waals surface area contributed by atoms with Crippen molar-refractivity contribution in [2.24, 2.45) is 5.41 Å². The fourth-order valence-corrected chi connectivity index (χ4v) is 4.15. The first-order chi connectivity index (χ1) is 14.0. The van der Waals surface area contributed by atoms with Crippen LogP contribution in [-0.2, 0) is 11.4 Å². The van der Waals surface area contributed by atoms with E-state index in [1.807, 2.05) is 7.05 Å². The molecule has 2 fully saturated rings. The van der Waals surface area contributed by atoms with Crippen molar-refractivity contribution in [3.05, 3.63) is 42.1 Å². The Labute approximate surface area is 169 Å². The van der Waals surface area contributed by atoms with E-state index in [4.69, 9.17) is 13.9 Å². The molecule has 0 N–H and O–H groups in total. The predicted molar refractivity (Wildman–Crippen MR) is 104 cm³/mol. The smallest absolute Gasteiger partial charge is 0.275 e. The molecule has 0 unspecified atom stereocenters. The van der Waals surface area contributed by atoms with Gasteiger partial charge in [0.05, 0.1) is 12.5 Å². The van der Waals surface area contributed by atoms with Gasteiger partial charge in [-0.3, -0.25) is 9.59 Å². The van der Waals surface area contributed by atoms with Crippen molar-refractivity contribution in [2.75, 3.05) is 33.8 Å². The molecule has 1 spiro atoms. The van der Waals surface area contributed by atoms with E-state index < -0.39 is 5.41 Å². The van der Waals surface area contributed by atoms with Gasteiger partial charge in [0.25, 0.3) is 5.91 Å². The quantitative estimate of drug-likeness (QED) is 0.767. The number of amides is 2. The Hall–Kier alpha value is -3.03. The maximum absolute atomic E-state index is 12.8. The van der Waals surface area contributed by atoms with Gasteiger partial charge in [0.1, 0.15) is 17.8 Å². The second-order valence-corrected chi connectivity index (χ2v) is 7.68. The van der Waals surface area contributed by atoms with Crippen molar-refractivity contribution in [3.63, 3.8) is 0 Å². The lowest BCUT2D eigenvalue weighted by Crippen LogP contribution is -2.48. The maximum atomic E-state index is 12.8. The van der Waals surface area contributed by atoms with E-state index in [0.717, 1.165) is 25.1 Å². The van der Waals surface area contributed by atoms with Crippen LogP contribution in [-0.4, -0.2) is 60.4 Å². The molecule has 2 saturated heterocycles. The van der Waals surface area contributed by atoms with Crippen LogP contribution in [0.15, 0.2) is 34.9 Å². The van der Waals surface area contributed by atoms with Gasteiger partial charge in [0, 0.05) is 26.7 Å². The molecule has 2 aliphatic rings. The summed E-state index contributed by atoms with van der Waals surface area (Å²) in [7, 11) is 3.44. The van der Waals surface area contributed by atoms with Gasteiger partial charge in [-0.1, -0.05) is 0 Å². The molecule has 29 heavy (non-hydrogen) atoms. The molecule has 2 aromatic rings. The van der Waals surface area contributed by atoms with Crippen LogP contribution in [0.5, 0.6) is 11.5 Å². The topological polar surface area (TPSA) is 85.1 Å². The molecule has 1 aromatic heterocycles. The van der Waals surface area contributed by atoms with E-state index in [1.165, 1.54) is 6.26 Å². The number of methoxy groups -OCH3 is 1. The van der Waals surface area contributed by atoms with Gasteiger partial charge in [0.15, 0.2) is 12.3 Å². The molecule has 0 aliphatic carbocycles. The average Bonchev–Trinajstić information content (AvgIpc) is 3.39. The lowest BCUT2D eigenvalue weighted by molar-refractivity contribution is -0.143. The minimum Gasteiger partial charge on any atom is -0.497 e. The average molecular weight is 399 g/mol. The number of benzene rings is 1. The number of nitrogens with zero attached hydrogens (tertiary/aromatic N) is 3. The molecule has 2 aliphatic heterocycles. The SMILES string of the molecule is COc1ccc(OCc2nc(C(=O)N3CC[C@]4(CCCN(C)C4=O)C3)co2)cc1. The summed E-state index contributed by atoms with van der Waals surface area (Å²) in [5, 5.41) is 0. The summed E-state index contributed by atoms with van der Waals surface area (Å²) < 4.78 is 16.2. The van der Waals surface area contributed by atoms with Gasteiger partial charge in [0.2, 0.25) is 11.8 Å². The Morgan fingerprint density at radius 3 is 2.72 bits per heavy atom. The van der Waals surface area contributed by atoms with E-state index in [-0.39, 0.29) is 24.1 Å². The Morgan fingerprint density at radius 1 is 1.21 bits per heavy atom. The van der Waals surface area contributed by atoms with Crippen molar-refractivity contribution < 1.29 is 23.5 Å². The molecule has 2 amide bonds. The van der Waals surface area contributed by atoms with Crippen LogP contribution >= 0.6 is 0 Å². The number of aromatic nitrogens is 1. The number of hydrogen-bond donors (Lipinski definition) is 0. The van der Waals surface area contributed by atoms with E-state index >= 15 is 0 Å². The van der Waals surface area contributed by atoms with Crippen LogP contribution in [0.1, 0.15) is 35.6 Å². The Balaban J connectivity index is 1.36. The summed E-state index contributed by atoms with van der Waals surface area (Å²) in [5.74, 6) is 1.66. The Kier molecular flexibility index (Phi) is 5.17. The second-order valence-electron chi connectivity index (χ2n) is 7.68. The monoisotopic (exact) mass is 399 g/mol. The van der Waals surface area contributed by atoms with Gasteiger partial charge in [-0.05, 0) is 43.5 Å². The Bertz CT molecular complexity index is 894. The highest BCUT2D eigenvalue weighted by Crippen LogP contribution is 2.40. The largest absolute Gasteiger partial charge is 0.497 e. The third-order valence-electron chi connectivity index (χ3n) is 5.78. The molecule has 8 nitrogen and oxygen atoms in total. The summed E-state index contributed by atoms with van der Waals surface area (Å²) in [6.07, 6.45) is 3.86. The minimum absolute atomic E-state index is 0.118. The summed E-state index contributed by atoms with van der Waals surface area (Å²) >= 11 is 0. The molecule has 4 rings (SSSR count). The Morgan fingerprint density at radius 2 is 1.97 bits per heavy atom. The van der Waals surface area contributed by atoms with Crippen molar-refractivity contribution in [1.29, 1.82) is 0 Å². The molecule has 1 atom stereocenters. The maximum Gasteiger partial charge on any atom is 0.275 e. The number of ether oxygens (including phenoxy) is 2. The van der Waals surface area contributed by atoms with Gasteiger partial charge in [-0.2, -0.15) is 0 Å². The minimum atomic E-state index is -0.438. The lowest BCUT2D eigenvalue weighted by Gasteiger charge is -2.37. The lowest BCUT2D eigenvalue weighted by atomic mass is 9.78. The van der Waals surface area contributed by atoms with Gasteiger partial charge >= 0.3 is 0 Å². The number of carbonyl (C=O) groups excluding carboxylic acids is 2. The molecule has 0 bridgehead atoms. The van der Waals surface area contributed by atoms with Crippen LogP contribution in [0.4, 0.5) is 0 Å². The third-order valence-corrected chi connectivity index (χ3v) is 5.78. The summed E-state index contributed by atoms with van der Waals surface area (Å²) in [6.45, 7) is 1.91. The number of likely N-dealkylation sites (tertiary alicyclic amines) is 2. The van der Waals surface area contributed by atoms with Crippen LogP contribution < -0.4 is 9.47 Å².